The fourth-order valence-corrected chi connectivity index (χ4v) is 3.47. The molecule has 0 radical (unpaired) electrons. The highest BCUT2D eigenvalue weighted by molar-refractivity contribution is 5.97. The number of benzene rings is 1. The summed E-state index contributed by atoms with van der Waals surface area (Å²) in [6.45, 7) is 8.50. The molecular weight excluding hydrogens is 352 g/mol. The Hall–Kier alpha value is -2.52. The Kier molecular flexibility index (Phi) is 7.89. The van der Waals surface area contributed by atoms with Crippen molar-refractivity contribution in [2.24, 2.45) is 0 Å². The molecule has 1 amide bonds. The predicted molar refractivity (Wildman–Crippen MR) is 111 cm³/mol. The van der Waals surface area contributed by atoms with Gasteiger partial charge >= 0.3 is 0 Å². The highest BCUT2D eigenvalue weighted by atomic mass is 16.5. The average molecular weight is 385 g/mol. The number of amides is 1. The van der Waals surface area contributed by atoms with Gasteiger partial charge < -0.3 is 19.9 Å². The summed E-state index contributed by atoms with van der Waals surface area (Å²) in [4.78, 5) is 16.8. The van der Waals surface area contributed by atoms with E-state index in [9.17, 15) is 10.1 Å². The van der Waals surface area contributed by atoms with Gasteiger partial charge in [-0.15, -0.1) is 0 Å². The van der Waals surface area contributed by atoms with Crippen molar-refractivity contribution in [3.63, 3.8) is 0 Å². The molecule has 6 heteroatoms. The normalized spacial score (nSPS) is 16.9. The lowest BCUT2D eigenvalue weighted by molar-refractivity contribution is -0.128. The molecule has 2 rings (SSSR count). The van der Waals surface area contributed by atoms with Crippen LogP contribution in [0.15, 0.2) is 30.0 Å². The lowest BCUT2D eigenvalue weighted by atomic mass is 10.0. The van der Waals surface area contributed by atoms with Crippen molar-refractivity contribution in [1.29, 1.82) is 5.26 Å². The van der Waals surface area contributed by atoms with E-state index in [-0.39, 0.29) is 23.6 Å². The van der Waals surface area contributed by atoms with Crippen LogP contribution in [-0.2, 0) is 4.79 Å². The molecule has 1 aromatic carbocycles. The first-order valence-electron chi connectivity index (χ1n) is 9.92. The van der Waals surface area contributed by atoms with Crippen LogP contribution >= 0.6 is 0 Å². The summed E-state index contributed by atoms with van der Waals surface area (Å²) in [6, 6.07) is 8.18. The van der Waals surface area contributed by atoms with Crippen LogP contribution in [0.3, 0.4) is 0 Å². The number of nitrogens with zero attached hydrogens (tertiary/aromatic N) is 3. The molecule has 0 aliphatic carbocycles. The second-order valence-electron chi connectivity index (χ2n) is 7.48. The minimum atomic E-state index is -0.231. The monoisotopic (exact) mass is 384 g/mol. The minimum absolute atomic E-state index is 0.0914. The minimum Gasteiger partial charge on any atom is -0.494 e. The number of aryl methyl sites for hydroxylation is 1. The van der Waals surface area contributed by atoms with Crippen LogP contribution in [0.5, 0.6) is 5.75 Å². The SMILES string of the molecule is CCOc1ccc(C)cc1C(C)N/C=C(/C#N)C(=O)N(C)C1CCN(C)CC1. The first kappa shape index (κ1) is 21.8. The summed E-state index contributed by atoms with van der Waals surface area (Å²) >= 11 is 0. The van der Waals surface area contributed by atoms with Crippen LogP contribution in [0.25, 0.3) is 0 Å². The van der Waals surface area contributed by atoms with Crippen molar-refractivity contribution in [2.75, 3.05) is 33.8 Å². The fourth-order valence-electron chi connectivity index (χ4n) is 3.47. The average Bonchev–Trinajstić information content (AvgIpc) is 2.69. The van der Waals surface area contributed by atoms with Gasteiger partial charge in [0.05, 0.1) is 12.6 Å². The van der Waals surface area contributed by atoms with Crippen LogP contribution in [0.1, 0.15) is 43.9 Å². The molecule has 1 heterocycles. The zero-order valence-electron chi connectivity index (χ0n) is 17.7. The number of ether oxygens (including phenoxy) is 1. The second kappa shape index (κ2) is 10.1. The van der Waals surface area contributed by atoms with Gasteiger partial charge in [0, 0.05) is 24.9 Å². The molecule has 28 heavy (non-hydrogen) atoms. The lowest BCUT2D eigenvalue weighted by Gasteiger charge is -2.35. The van der Waals surface area contributed by atoms with Crippen molar-refractivity contribution in [3.05, 3.63) is 41.1 Å². The van der Waals surface area contributed by atoms with Gasteiger partial charge in [-0.3, -0.25) is 4.79 Å². The number of likely N-dealkylation sites (N-methyl/N-ethyl adjacent to an activating group) is 1. The molecule has 0 spiro atoms. The number of carbonyl (C=O) groups is 1. The van der Waals surface area contributed by atoms with E-state index in [0.717, 1.165) is 42.8 Å². The summed E-state index contributed by atoms with van der Waals surface area (Å²) in [7, 11) is 3.88. The molecule has 1 N–H and O–H groups in total. The summed E-state index contributed by atoms with van der Waals surface area (Å²) in [5.41, 5.74) is 2.26. The Labute approximate surface area is 168 Å². The van der Waals surface area contributed by atoms with E-state index in [4.69, 9.17) is 4.74 Å². The highest BCUT2D eigenvalue weighted by Crippen LogP contribution is 2.26. The second-order valence-corrected chi connectivity index (χ2v) is 7.48. The third-order valence-electron chi connectivity index (χ3n) is 5.32. The number of rotatable bonds is 7. The van der Waals surface area contributed by atoms with Crippen LogP contribution in [0.4, 0.5) is 0 Å². The maximum Gasteiger partial charge on any atom is 0.265 e. The maximum absolute atomic E-state index is 12.8. The first-order valence-corrected chi connectivity index (χ1v) is 9.92. The van der Waals surface area contributed by atoms with Gasteiger partial charge in [-0.25, -0.2) is 0 Å². The predicted octanol–water partition coefficient (Wildman–Crippen LogP) is 3.00. The third-order valence-corrected chi connectivity index (χ3v) is 5.32. The van der Waals surface area contributed by atoms with Crippen molar-refractivity contribution in [1.82, 2.24) is 15.1 Å². The molecule has 152 valence electrons. The quantitative estimate of drug-likeness (QED) is 0.578. The van der Waals surface area contributed by atoms with E-state index in [1.54, 1.807) is 11.9 Å². The molecule has 1 unspecified atom stereocenters. The molecule has 1 atom stereocenters. The highest BCUT2D eigenvalue weighted by Gasteiger charge is 2.26. The largest absolute Gasteiger partial charge is 0.494 e. The van der Waals surface area contributed by atoms with Crippen LogP contribution in [0.2, 0.25) is 0 Å². The standard InChI is InChI=1S/C22H32N4O2/c1-6-28-21-8-7-16(2)13-20(21)17(3)24-15-18(14-23)22(27)26(5)19-9-11-25(4)12-10-19/h7-8,13,15,17,19,24H,6,9-12H2,1-5H3/b18-15-. The zero-order chi connectivity index (χ0) is 20.7. The molecular formula is C22H32N4O2. The summed E-state index contributed by atoms with van der Waals surface area (Å²) < 4.78 is 5.72. The van der Waals surface area contributed by atoms with Crippen molar-refractivity contribution in [2.45, 2.75) is 45.7 Å². The fraction of sp³-hybridized carbons (Fsp3) is 0.545. The Balaban J connectivity index is 2.09. The molecule has 0 bridgehead atoms. The molecule has 1 aliphatic rings. The Morgan fingerprint density at radius 3 is 2.75 bits per heavy atom. The van der Waals surface area contributed by atoms with E-state index in [2.05, 4.69) is 29.4 Å². The number of piperidine rings is 1. The van der Waals surface area contributed by atoms with Gasteiger partial charge in [0.25, 0.3) is 5.91 Å². The molecule has 0 aromatic heterocycles. The summed E-state index contributed by atoms with van der Waals surface area (Å²) in [5.74, 6) is 0.584. The smallest absolute Gasteiger partial charge is 0.265 e. The maximum atomic E-state index is 12.8. The molecule has 1 fully saturated rings. The number of hydrogen-bond donors (Lipinski definition) is 1. The summed E-state index contributed by atoms with van der Waals surface area (Å²) in [6.07, 6.45) is 3.40. The van der Waals surface area contributed by atoms with E-state index >= 15 is 0 Å². The summed E-state index contributed by atoms with van der Waals surface area (Å²) in [5, 5.41) is 12.7. The topological polar surface area (TPSA) is 68.6 Å². The van der Waals surface area contributed by atoms with Crippen LogP contribution < -0.4 is 10.1 Å². The first-order chi connectivity index (χ1) is 13.4. The van der Waals surface area contributed by atoms with E-state index in [0.29, 0.717) is 6.61 Å². The van der Waals surface area contributed by atoms with Crippen LogP contribution in [-0.4, -0.2) is 55.5 Å². The molecule has 1 saturated heterocycles. The number of nitrogens with one attached hydrogen (secondary N) is 1. The van der Waals surface area contributed by atoms with Gasteiger partial charge in [0.15, 0.2) is 0 Å². The third kappa shape index (κ3) is 5.49. The lowest BCUT2D eigenvalue weighted by Crippen LogP contribution is -2.45. The Bertz CT molecular complexity index is 745. The number of carbonyl (C=O) groups excluding carboxylic acids is 1. The Morgan fingerprint density at radius 2 is 2.14 bits per heavy atom. The van der Waals surface area contributed by atoms with E-state index in [1.807, 2.05) is 32.9 Å². The number of nitriles is 1. The van der Waals surface area contributed by atoms with Crippen molar-refractivity contribution in [3.8, 4) is 11.8 Å². The van der Waals surface area contributed by atoms with Gasteiger partial charge in [-0.05, 0) is 59.8 Å². The molecule has 6 nitrogen and oxygen atoms in total. The van der Waals surface area contributed by atoms with Gasteiger partial charge in [0.1, 0.15) is 17.4 Å². The van der Waals surface area contributed by atoms with Crippen LogP contribution in [0, 0.1) is 18.3 Å². The van der Waals surface area contributed by atoms with E-state index < -0.39 is 0 Å². The van der Waals surface area contributed by atoms with Gasteiger partial charge in [0.2, 0.25) is 0 Å². The molecule has 1 aliphatic heterocycles. The number of hydrogen-bond acceptors (Lipinski definition) is 5. The molecule has 0 saturated carbocycles. The van der Waals surface area contributed by atoms with Gasteiger partial charge in [-0.2, -0.15) is 5.26 Å². The molecule has 1 aromatic rings. The van der Waals surface area contributed by atoms with Gasteiger partial charge in [-0.1, -0.05) is 17.7 Å². The van der Waals surface area contributed by atoms with Crippen molar-refractivity contribution < 1.29 is 9.53 Å². The zero-order valence-corrected chi connectivity index (χ0v) is 17.7. The Morgan fingerprint density at radius 1 is 1.46 bits per heavy atom. The number of likely N-dealkylation sites (tertiary alicyclic amines) is 1. The van der Waals surface area contributed by atoms with Crippen molar-refractivity contribution >= 4 is 5.91 Å². The van der Waals surface area contributed by atoms with E-state index in [1.165, 1.54) is 6.20 Å².